The first-order valence-electron chi connectivity index (χ1n) is 7.56. The molecule has 10 heteroatoms. The normalized spacial score (nSPS) is 31.0. The quantitative estimate of drug-likeness (QED) is 0.473. The van der Waals surface area contributed by atoms with Crippen molar-refractivity contribution in [2.24, 2.45) is 0 Å². The number of hydrogen-bond acceptors (Lipinski definition) is 4. The van der Waals surface area contributed by atoms with Crippen LogP contribution in [0.25, 0.3) is 0 Å². The van der Waals surface area contributed by atoms with E-state index in [-0.39, 0.29) is 9.81 Å². The van der Waals surface area contributed by atoms with Crippen LogP contribution in [0.2, 0.25) is 0 Å². The summed E-state index contributed by atoms with van der Waals surface area (Å²) in [7, 11) is 0. The zero-order chi connectivity index (χ0) is 20.4. The molecule has 2 aliphatic heterocycles. The second-order valence-electron chi connectivity index (χ2n) is 6.13. The topological polar surface area (TPSA) is 34.1 Å². The lowest BCUT2D eigenvalue weighted by Crippen LogP contribution is -2.49. The van der Waals surface area contributed by atoms with Crippen molar-refractivity contribution in [3.8, 4) is 0 Å². The number of carbonyl (C=O) groups excluding carboxylic acids is 2. The van der Waals surface area contributed by atoms with Crippen LogP contribution in [0.15, 0.2) is 44.3 Å². The SMILES string of the molecule is CC1SC(=C=O)C=C1C1=C(C2=CC(=C=O)SC2C)C(F)(F)C(F)(F)C1(F)F. The van der Waals surface area contributed by atoms with Gasteiger partial charge in [0.05, 0.1) is 9.81 Å². The third-order valence-electron chi connectivity index (χ3n) is 4.50. The van der Waals surface area contributed by atoms with Crippen LogP contribution in [0.3, 0.4) is 0 Å². The van der Waals surface area contributed by atoms with Crippen LogP contribution in [0, 0.1) is 0 Å². The van der Waals surface area contributed by atoms with Crippen LogP contribution >= 0.6 is 23.5 Å². The smallest absolute Gasteiger partial charge is 0.232 e. The number of hydrogen-bond donors (Lipinski definition) is 0. The number of alkyl halides is 6. The fraction of sp³-hybridized carbons (Fsp3) is 0.412. The van der Waals surface area contributed by atoms with Gasteiger partial charge in [-0.15, -0.1) is 23.5 Å². The summed E-state index contributed by atoms with van der Waals surface area (Å²) in [5, 5.41) is -1.85. The van der Waals surface area contributed by atoms with Crippen molar-refractivity contribution in [1.29, 1.82) is 0 Å². The van der Waals surface area contributed by atoms with E-state index in [0.717, 1.165) is 35.7 Å². The van der Waals surface area contributed by atoms with Gasteiger partial charge >= 0.3 is 17.8 Å². The van der Waals surface area contributed by atoms with Crippen molar-refractivity contribution in [3.05, 3.63) is 44.3 Å². The molecule has 2 unspecified atom stereocenters. The summed E-state index contributed by atoms with van der Waals surface area (Å²) >= 11 is 1.53. The van der Waals surface area contributed by atoms with E-state index in [9.17, 15) is 35.9 Å². The van der Waals surface area contributed by atoms with Crippen LogP contribution in [0.5, 0.6) is 0 Å². The molecule has 0 saturated carbocycles. The lowest BCUT2D eigenvalue weighted by Gasteiger charge is -2.26. The van der Waals surface area contributed by atoms with E-state index in [1.54, 1.807) is 0 Å². The van der Waals surface area contributed by atoms with E-state index in [0.29, 0.717) is 0 Å². The molecule has 0 spiro atoms. The Labute approximate surface area is 158 Å². The van der Waals surface area contributed by atoms with Gasteiger partial charge in [0.2, 0.25) is 0 Å². The lowest BCUT2D eigenvalue weighted by molar-refractivity contribution is -0.264. The van der Waals surface area contributed by atoms with Gasteiger partial charge in [0.15, 0.2) is 0 Å². The first-order valence-corrected chi connectivity index (χ1v) is 9.32. The van der Waals surface area contributed by atoms with E-state index in [1.165, 1.54) is 25.7 Å². The molecule has 2 atom stereocenters. The summed E-state index contributed by atoms with van der Waals surface area (Å²) in [5.41, 5.74) is -3.93. The summed E-state index contributed by atoms with van der Waals surface area (Å²) in [6.07, 6.45) is 1.76. The van der Waals surface area contributed by atoms with Crippen LogP contribution in [0.1, 0.15) is 13.8 Å². The van der Waals surface area contributed by atoms with E-state index < -0.39 is 50.6 Å². The monoisotopic (exact) mass is 424 g/mol. The van der Waals surface area contributed by atoms with Crippen LogP contribution < -0.4 is 0 Å². The highest BCUT2D eigenvalue weighted by Crippen LogP contribution is 2.65. The summed E-state index contributed by atoms with van der Waals surface area (Å²) < 4.78 is 86.6. The largest absolute Gasteiger partial charge is 0.380 e. The van der Waals surface area contributed by atoms with E-state index in [4.69, 9.17) is 0 Å². The summed E-state index contributed by atoms with van der Waals surface area (Å²) in [5.74, 6) is -13.1. The molecule has 3 rings (SSSR count). The van der Waals surface area contributed by atoms with Gasteiger partial charge in [-0.05, 0) is 37.1 Å². The average molecular weight is 424 g/mol. The maximum atomic E-state index is 14.6. The van der Waals surface area contributed by atoms with Gasteiger partial charge in [-0.1, -0.05) is 0 Å². The molecular weight excluding hydrogens is 414 g/mol. The highest BCUT2D eigenvalue weighted by molar-refractivity contribution is 8.04. The van der Waals surface area contributed by atoms with E-state index in [2.05, 4.69) is 0 Å². The molecular formula is C17H10F6O2S2. The van der Waals surface area contributed by atoms with Crippen molar-refractivity contribution < 1.29 is 35.9 Å². The van der Waals surface area contributed by atoms with Gasteiger partial charge in [-0.2, -0.15) is 26.3 Å². The molecule has 144 valence electrons. The minimum absolute atomic E-state index is 0.144. The summed E-state index contributed by atoms with van der Waals surface area (Å²) in [6, 6.07) is 0. The van der Waals surface area contributed by atoms with Crippen LogP contribution in [-0.2, 0) is 9.59 Å². The molecule has 27 heavy (non-hydrogen) atoms. The van der Waals surface area contributed by atoms with Gasteiger partial charge in [0.25, 0.3) is 0 Å². The molecule has 0 radical (unpaired) electrons. The number of allylic oxidation sites excluding steroid dienone is 4. The Morgan fingerprint density at radius 1 is 0.778 bits per heavy atom. The fourth-order valence-corrected chi connectivity index (χ4v) is 5.10. The summed E-state index contributed by atoms with van der Waals surface area (Å²) in [6.45, 7) is 2.68. The Kier molecular flexibility index (Phi) is 4.63. The van der Waals surface area contributed by atoms with E-state index >= 15 is 0 Å². The van der Waals surface area contributed by atoms with Gasteiger partial charge < -0.3 is 0 Å². The first-order chi connectivity index (χ1) is 12.4. The minimum atomic E-state index is -5.66. The molecule has 2 heterocycles. The molecule has 0 aromatic rings. The van der Waals surface area contributed by atoms with Crippen molar-refractivity contribution in [2.45, 2.75) is 42.1 Å². The van der Waals surface area contributed by atoms with Crippen molar-refractivity contribution in [2.75, 3.05) is 0 Å². The number of halogens is 6. The third-order valence-corrected chi connectivity index (χ3v) is 6.63. The predicted octanol–water partition coefficient (Wildman–Crippen LogP) is 4.76. The molecule has 0 aromatic carbocycles. The average Bonchev–Trinajstić information content (AvgIpc) is 3.16. The Bertz CT molecular complexity index is 846. The van der Waals surface area contributed by atoms with Gasteiger partial charge in [0, 0.05) is 21.6 Å². The third kappa shape index (κ3) is 2.62. The minimum Gasteiger partial charge on any atom is -0.232 e. The maximum Gasteiger partial charge on any atom is 0.380 e. The summed E-state index contributed by atoms with van der Waals surface area (Å²) in [4.78, 5) is 21.3. The molecule has 0 saturated heterocycles. The number of thioether (sulfide) groups is 2. The molecule has 0 bridgehead atoms. The highest BCUT2D eigenvalue weighted by atomic mass is 32.2. The lowest BCUT2D eigenvalue weighted by atomic mass is 9.91. The molecule has 3 aliphatic rings. The molecule has 0 fully saturated rings. The predicted molar refractivity (Wildman–Crippen MR) is 90.6 cm³/mol. The van der Waals surface area contributed by atoms with Crippen molar-refractivity contribution >= 4 is 35.4 Å². The Morgan fingerprint density at radius 3 is 1.37 bits per heavy atom. The standard InChI is InChI=1S/C17H10F6O2S2/c1-7-11(3-9(5-24)26-7)13-14(12-4-10(6-25)27-8(12)2)16(20,21)17(22,23)15(13,18)19/h3-4,7-8H,1-2H3. The fourth-order valence-electron chi connectivity index (χ4n) is 3.23. The Balaban J connectivity index is 2.38. The molecule has 1 aliphatic carbocycles. The van der Waals surface area contributed by atoms with E-state index in [1.807, 2.05) is 0 Å². The molecule has 0 aromatic heterocycles. The highest BCUT2D eigenvalue weighted by Gasteiger charge is 2.81. The van der Waals surface area contributed by atoms with Crippen molar-refractivity contribution in [1.82, 2.24) is 0 Å². The van der Waals surface area contributed by atoms with Gasteiger partial charge in [-0.25, -0.2) is 9.59 Å². The second kappa shape index (κ2) is 6.21. The molecule has 0 N–H and O–H groups in total. The zero-order valence-electron chi connectivity index (χ0n) is 13.7. The first kappa shape index (κ1) is 20.1. The Hall–Kier alpha value is -1.60. The maximum absolute atomic E-state index is 14.6. The number of rotatable bonds is 2. The van der Waals surface area contributed by atoms with Crippen molar-refractivity contribution in [3.63, 3.8) is 0 Å². The van der Waals surface area contributed by atoms with Gasteiger partial charge in [-0.3, -0.25) is 0 Å². The van der Waals surface area contributed by atoms with Gasteiger partial charge in [0.1, 0.15) is 11.9 Å². The molecule has 0 amide bonds. The Morgan fingerprint density at radius 2 is 1.11 bits per heavy atom. The molecule has 2 nitrogen and oxygen atoms in total. The second-order valence-corrected chi connectivity index (χ2v) is 8.89. The zero-order valence-corrected chi connectivity index (χ0v) is 15.3. The van der Waals surface area contributed by atoms with Crippen LogP contribution in [-0.4, -0.2) is 40.2 Å². The van der Waals surface area contributed by atoms with Crippen LogP contribution in [0.4, 0.5) is 26.3 Å².